The molecule has 0 aliphatic carbocycles. The van der Waals surface area contributed by atoms with E-state index in [0.717, 1.165) is 0 Å². The number of ether oxygens (including phenoxy) is 2. The van der Waals surface area contributed by atoms with Crippen LogP contribution < -0.4 is 10.3 Å². The monoisotopic (exact) mass is 395 g/mol. The van der Waals surface area contributed by atoms with Crippen molar-refractivity contribution >= 4 is 33.3 Å². The highest BCUT2D eigenvalue weighted by Gasteiger charge is 2.16. The Balaban J connectivity index is 1.47. The molecule has 10 heteroatoms. The Kier molecular flexibility index (Phi) is 4.50. The standard InChI is InChI=1S/C18H13N5O4S/c1-22-17(25)16-13(6-7-28-16)23-14(20-21-18(22)23)9-27-15(24)10-26-12-4-2-11(8-19)3-5-12/h2-7H,9-10H2,1H3. The molecule has 3 aromatic heterocycles. The third-order valence-corrected chi connectivity index (χ3v) is 4.99. The molecule has 0 bridgehead atoms. The molecule has 140 valence electrons. The van der Waals surface area contributed by atoms with E-state index < -0.39 is 5.97 Å². The molecule has 4 aromatic rings. The summed E-state index contributed by atoms with van der Waals surface area (Å²) in [6.45, 7) is -0.394. The highest BCUT2D eigenvalue weighted by atomic mass is 32.1. The molecule has 0 fully saturated rings. The Morgan fingerprint density at radius 2 is 2.04 bits per heavy atom. The number of aromatic nitrogens is 4. The molecular formula is C18H13N5O4S. The molecule has 0 spiro atoms. The average Bonchev–Trinajstić information content (AvgIpc) is 3.36. The lowest BCUT2D eigenvalue weighted by Crippen LogP contribution is -2.20. The Hall–Kier alpha value is -3.71. The first kappa shape index (κ1) is 17.7. The summed E-state index contributed by atoms with van der Waals surface area (Å²) in [4.78, 5) is 24.3. The summed E-state index contributed by atoms with van der Waals surface area (Å²) in [7, 11) is 1.62. The van der Waals surface area contributed by atoms with E-state index in [2.05, 4.69) is 10.2 Å². The maximum absolute atomic E-state index is 12.3. The van der Waals surface area contributed by atoms with Crippen LogP contribution in [0.25, 0.3) is 16.0 Å². The van der Waals surface area contributed by atoms with Gasteiger partial charge in [-0.15, -0.1) is 21.5 Å². The molecule has 0 aliphatic rings. The first-order valence-corrected chi connectivity index (χ1v) is 9.05. The van der Waals surface area contributed by atoms with E-state index in [1.807, 2.05) is 11.4 Å². The van der Waals surface area contributed by atoms with Crippen LogP contribution in [0.1, 0.15) is 11.4 Å². The fourth-order valence-corrected chi connectivity index (χ4v) is 3.55. The quantitative estimate of drug-likeness (QED) is 0.472. The number of aryl methyl sites for hydroxylation is 1. The van der Waals surface area contributed by atoms with E-state index >= 15 is 0 Å². The number of esters is 1. The number of carbonyl (C=O) groups is 1. The molecule has 0 saturated heterocycles. The van der Waals surface area contributed by atoms with Crippen molar-refractivity contribution in [2.45, 2.75) is 6.61 Å². The molecule has 28 heavy (non-hydrogen) atoms. The van der Waals surface area contributed by atoms with E-state index in [9.17, 15) is 9.59 Å². The van der Waals surface area contributed by atoms with Crippen LogP contribution in [0, 0.1) is 11.3 Å². The van der Waals surface area contributed by atoms with Crippen molar-refractivity contribution in [3.05, 3.63) is 57.5 Å². The predicted molar refractivity (Wildman–Crippen MR) is 100 cm³/mol. The number of fused-ring (bicyclic) bond motifs is 3. The fraction of sp³-hybridized carbons (Fsp3) is 0.167. The maximum atomic E-state index is 12.3. The number of nitrogens with zero attached hydrogens (tertiary/aromatic N) is 5. The van der Waals surface area contributed by atoms with Crippen LogP contribution in [0.15, 0.2) is 40.5 Å². The second-order valence-corrected chi connectivity index (χ2v) is 6.75. The Morgan fingerprint density at radius 3 is 2.79 bits per heavy atom. The molecule has 1 aromatic carbocycles. The molecule has 0 N–H and O–H groups in total. The lowest BCUT2D eigenvalue weighted by Gasteiger charge is -2.07. The van der Waals surface area contributed by atoms with Gasteiger partial charge in [-0.3, -0.25) is 13.8 Å². The van der Waals surface area contributed by atoms with Gasteiger partial charge in [-0.05, 0) is 35.7 Å². The van der Waals surface area contributed by atoms with E-state index in [0.29, 0.717) is 33.1 Å². The molecule has 4 rings (SSSR count). The van der Waals surface area contributed by atoms with Crippen molar-refractivity contribution in [1.29, 1.82) is 5.26 Å². The minimum Gasteiger partial charge on any atom is -0.482 e. The Bertz CT molecular complexity index is 1280. The van der Waals surface area contributed by atoms with Gasteiger partial charge in [0.1, 0.15) is 10.4 Å². The molecule has 3 heterocycles. The van der Waals surface area contributed by atoms with Crippen LogP contribution in [-0.4, -0.2) is 31.7 Å². The summed E-state index contributed by atoms with van der Waals surface area (Å²) in [5.74, 6) is 0.655. The third kappa shape index (κ3) is 3.08. The first-order chi connectivity index (χ1) is 13.6. The van der Waals surface area contributed by atoms with Gasteiger partial charge in [-0.25, -0.2) is 4.79 Å². The largest absolute Gasteiger partial charge is 0.482 e. The molecule has 0 unspecified atom stereocenters. The van der Waals surface area contributed by atoms with Gasteiger partial charge >= 0.3 is 5.97 Å². The summed E-state index contributed by atoms with van der Waals surface area (Å²) >= 11 is 1.33. The van der Waals surface area contributed by atoms with E-state index in [1.165, 1.54) is 15.9 Å². The van der Waals surface area contributed by atoms with Crippen LogP contribution in [0.3, 0.4) is 0 Å². The van der Waals surface area contributed by atoms with Crippen molar-refractivity contribution in [3.8, 4) is 11.8 Å². The summed E-state index contributed by atoms with van der Waals surface area (Å²) in [5.41, 5.74) is 1.03. The van der Waals surface area contributed by atoms with Crippen LogP contribution in [0.2, 0.25) is 0 Å². The lowest BCUT2D eigenvalue weighted by molar-refractivity contribution is -0.147. The lowest BCUT2D eigenvalue weighted by atomic mass is 10.2. The van der Waals surface area contributed by atoms with Crippen LogP contribution in [0.5, 0.6) is 5.75 Å². The maximum Gasteiger partial charge on any atom is 0.344 e. The number of benzene rings is 1. The van der Waals surface area contributed by atoms with Gasteiger partial charge in [0.25, 0.3) is 5.56 Å². The van der Waals surface area contributed by atoms with Crippen LogP contribution in [0.4, 0.5) is 0 Å². The van der Waals surface area contributed by atoms with Gasteiger partial charge in [0, 0.05) is 7.05 Å². The van der Waals surface area contributed by atoms with Gasteiger partial charge in [0.05, 0.1) is 17.1 Å². The molecule has 0 radical (unpaired) electrons. The van der Waals surface area contributed by atoms with Crippen molar-refractivity contribution in [3.63, 3.8) is 0 Å². The molecule has 9 nitrogen and oxygen atoms in total. The van der Waals surface area contributed by atoms with Crippen LogP contribution in [-0.2, 0) is 23.2 Å². The van der Waals surface area contributed by atoms with Crippen molar-refractivity contribution in [1.82, 2.24) is 19.2 Å². The summed E-state index contributed by atoms with van der Waals surface area (Å²) < 4.78 is 14.3. The van der Waals surface area contributed by atoms with Crippen molar-refractivity contribution in [2.24, 2.45) is 7.05 Å². The number of hydrogen-bond donors (Lipinski definition) is 0. The van der Waals surface area contributed by atoms with E-state index in [-0.39, 0.29) is 18.8 Å². The normalized spacial score (nSPS) is 10.9. The summed E-state index contributed by atoms with van der Waals surface area (Å²) in [5, 5.41) is 18.7. The summed E-state index contributed by atoms with van der Waals surface area (Å²) in [6.07, 6.45) is 0. The second-order valence-electron chi connectivity index (χ2n) is 5.84. The zero-order valence-corrected chi connectivity index (χ0v) is 15.5. The predicted octanol–water partition coefficient (Wildman–Crippen LogP) is 1.64. The number of carbonyl (C=O) groups excluding carboxylic acids is 1. The van der Waals surface area contributed by atoms with E-state index in [1.54, 1.807) is 41.8 Å². The van der Waals surface area contributed by atoms with Gasteiger partial charge in [0.15, 0.2) is 19.0 Å². The summed E-state index contributed by atoms with van der Waals surface area (Å²) in [6, 6.07) is 10.2. The SMILES string of the molecule is Cn1c(=O)c2sccc2n2c(COC(=O)COc3ccc(C#N)cc3)nnc12. The number of rotatable bonds is 5. The van der Waals surface area contributed by atoms with Gasteiger partial charge in [-0.1, -0.05) is 0 Å². The van der Waals surface area contributed by atoms with Crippen LogP contribution >= 0.6 is 11.3 Å². The van der Waals surface area contributed by atoms with Gasteiger partial charge < -0.3 is 9.47 Å². The zero-order chi connectivity index (χ0) is 19.7. The Morgan fingerprint density at radius 1 is 1.25 bits per heavy atom. The molecule has 0 aliphatic heterocycles. The fourth-order valence-electron chi connectivity index (χ4n) is 2.70. The number of hydrogen-bond acceptors (Lipinski definition) is 8. The minimum absolute atomic E-state index is 0.111. The minimum atomic E-state index is -0.576. The second kappa shape index (κ2) is 7.13. The zero-order valence-electron chi connectivity index (χ0n) is 14.7. The number of nitriles is 1. The van der Waals surface area contributed by atoms with Crippen molar-refractivity contribution in [2.75, 3.05) is 6.61 Å². The highest BCUT2D eigenvalue weighted by molar-refractivity contribution is 7.17. The van der Waals surface area contributed by atoms with E-state index in [4.69, 9.17) is 14.7 Å². The molecule has 0 saturated carbocycles. The first-order valence-electron chi connectivity index (χ1n) is 8.17. The van der Waals surface area contributed by atoms with Crippen molar-refractivity contribution < 1.29 is 14.3 Å². The topological polar surface area (TPSA) is 112 Å². The van der Waals surface area contributed by atoms with Gasteiger partial charge in [-0.2, -0.15) is 5.26 Å². The smallest absolute Gasteiger partial charge is 0.344 e. The average molecular weight is 395 g/mol. The number of thiophene rings is 1. The van der Waals surface area contributed by atoms with Gasteiger partial charge in [0.2, 0.25) is 5.78 Å². The highest BCUT2D eigenvalue weighted by Crippen LogP contribution is 2.19. The molecular weight excluding hydrogens is 382 g/mol. The molecule has 0 amide bonds. The Labute approximate surface area is 162 Å². The molecule has 0 atom stereocenters. The third-order valence-electron chi connectivity index (χ3n) is 4.10.